The zero-order chi connectivity index (χ0) is 36.7. The van der Waals surface area contributed by atoms with Crippen molar-refractivity contribution in [2.75, 3.05) is 23.8 Å². The Balaban J connectivity index is 1.39. The smallest absolute Gasteiger partial charge is 0.236 e. The van der Waals surface area contributed by atoms with Gasteiger partial charge in [0.2, 0.25) is 5.95 Å². The van der Waals surface area contributed by atoms with Crippen molar-refractivity contribution in [3.05, 3.63) is 64.8 Å². The first-order chi connectivity index (χ1) is 24.9. The molecule has 2 aliphatic carbocycles. The molecule has 3 heterocycles. The van der Waals surface area contributed by atoms with E-state index in [0.29, 0.717) is 47.1 Å². The van der Waals surface area contributed by atoms with E-state index in [9.17, 15) is 8.42 Å². The number of nitrogens with zero attached hydrogens (tertiary/aromatic N) is 4. The Morgan fingerprint density at radius 3 is 2.29 bits per heavy atom. The predicted molar refractivity (Wildman–Crippen MR) is 209 cm³/mol. The molecule has 0 radical (unpaired) electrons. The predicted octanol–water partition coefficient (Wildman–Crippen LogP) is 9.07. The minimum Gasteiger partial charge on any atom is -0.489 e. The molecule has 2 N–H and O–H groups in total. The average molecular weight is 748 g/mol. The lowest BCUT2D eigenvalue weighted by atomic mass is 9.69. The van der Waals surface area contributed by atoms with Crippen LogP contribution >= 0.6 is 11.6 Å². The number of halogens is 1. The van der Waals surface area contributed by atoms with Crippen molar-refractivity contribution in [2.45, 2.75) is 127 Å². The summed E-state index contributed by atoms with van der Waals surface area (Å²) >= 11 is 6.31. The van der Waals surface area contributed by atoms with Gasteiger partial charge in [-0.05, 0) is 132 Å². The van der Waals surface area contributed by atoms with Crippen molar-refractivity contribution >= 4 is 50.2 Å². The van der Waals surface area contributed by atoms with Gasteiger partial charge in [0.1, 0.15) is 16.6 Å². The minimum atomic E-state index is -3.71. The molecule has 1 saturated heterocycles. The molecule has 11 heteroatoms. The molecule has 7 rings (SSSR count). The first-order valence-electron chi connectivity index (χ1n) is 19.2. The SMILES string of the molecule is Cc1cc(N(c2ncc(Cl)c(N)n2)c2ccccc2S(=O)(=O)C(C)C)c(OC(C)C)cc1C1=C[C@H](C2CCC2)N(C2CCOCC2)[C@@H](C2CCC2)C1. The van der Waals surface area contributed by atoms with Gasteiger partial charge in [0, 0.05) is 31.3 Å². The van der Waals surface area contributed by atoms with E-state index in [2.05, 4.69) is 40.0 Å². The van der Waals surface area contributed by atoms with E-state index in [-0.39, 0.29) is 27.8 Å². The highest BCUT2D eigenvalue weighted by molar-refractivity contribution is 7.92. The van der Waals surface area contributed by atoms with Crippen LogP contribution in [0.4, 0.5) is 23.1 Å². The summed E-state index contributed by atoms with van der Waals surface area (Å²) in [6.07, 6.45) is 14.9. The Morgan fingerprint density at radius 1 is 0.981 bits per heavy atom. The molecule has 3 aromatic rings. The Hall–Kier alpha value is -3.18. The highest BCUT2D eigenvalue weighted by Gasteiger charge is 2.45. The summed E-state index contributed by atoms with van der Waals surface area (Å²) in [5.74, 6) is 2.31. The fourth-order valence-electron chi connectivity index (χ4n) is 8.51. The molecule has 0 spiro atoms. The average Bonchev–Trinajstić information content (AvgIpc) is 3.06. The highest BCUT2D eigenvalue weighted by atomic mass is 35.5. The summed E-state index contributed by atoms with van der Waals surface area (Å²) in [5, 5.41) is -0.425. The molecule has 2 aliphatic heterocycles. The first-order valence-corrected chi connectivity index (χ1v) is 21.1. The Kier molecular flexibility index (Phi) is 10.9. The zero-order valence-electron chi connectivity index (χ0n) is 31.2. The lowest BCUT2D eigenvalue weighted by Crippen LogP contribution is -2.58. The maximum absolute atomic E-state index is 13.8. The van der Waals surface area contributed by atoms with Crippen LogP contribution in [0.25, 0.3) is 5.57 Å². The van der Waals surface area contributed by atoms with Gasteiger partial charge in [-0.25, -0.2) is 13.4 Å². The maximum atomic E-state index is 13.8. The second-order valence-electron chi connectivity index (χ2n) is 15.7. The molecule has 2 aromatic carbocycles. The number of nitrogen functional groups attached to an aromatic ring is 1. The zero-order valence-corrected chi connectivity index (χ0v) is 32.8. The van der Waals surface area contributed by atoms with Crippen LogP contribution in [0.2, 0.25) is 5.02 Å². The van der Waals surface area contributed by atoms with Gasteiger partial charge in [0.25, 0.3) is 0 Å². The number of aryl methyl sites for hydroxylation is 1. The topological polar surface area (TPSA) is 111 Å². The monoisotopic (exact) mass is 747 g/mol. The van der Waals surface area contributed by atoms with Gasteiger partial charge in [-0.1, -0.05) is 42.7 Å². The lowest BCUT2D eigenvalue weighted by molar-refractivity contribution is -0.0431. The largest absolute Gasteiger partial charge is 0.489 e. The van der Waals surface area contributed by atoms with Crippen molar-refractivity contribution in [3.63, 3.8) is 0 Å². The third-order valence-electron chi connectivity index (χ3n) is 11.7. The van der Waals surface area contributed by atoms with Crippen LogP contribution in [0.15, 0.2) is 53.6 Å². The molecule has 0 unspecified atom stereocenters. The number of rotatable bonds is 11. The van der Waals surface area contributed by atoms with E-state index in [1.807, 2.05) is 19.9 Å². The van der Waals surface area contributed by atoms with Crippen LogP contribution in [-0.2, 0) is 14.6 Å². The van der Waals surface area contributed by atoms with Gasteiger partial charge in [-0.2, -0.15) is 4.98 Å². The summed E-state index contributed by atoms with van der Waals surface area (Å²) in [5.41, 5.74) is 10.9. The van der Waals surface area contributed by atoms with Crippen molar-refractivity contribution in [1.82, 2.24) is 14.9 Å². The third kappa shape index (κ3) is 7.20. The normalized spacial score (nSPS) is 22.3. The van der Waals surface area contributed by atoms with E-state index in [0.717, 1.165) is 38.0 Å². The molecule has 0 amide bonds. The summed E-state index contributed by atoms with van der Waals surface area (Å²) < 4.78 is 40.2. The van der Waals surface area contributed by atoms with Gasteiger partial charge in [-0.3, -0.25) is 9.80 Å². The van der Waals surface area contributed by atoms with Crippen LogP contribution in [0.5, 0.6) is 5.75 Å². The number of hydrogen-bond acceptors (Lipinski definition) is 9. The summed E-state index contributed by atoms with van der Waals surface area (Å²) in [4.78, 5) is 14.1. The molecular weight excluding hydrogens is 694 g/mol. The number of sulfone groups is 1. The summed E-state index contributed by atoms with van der Waals surface area (Å²) in [7, 11) is -3.71. The molecule has 2 saturated carbocycles. The summed E-state index contributed by atoms with van der Waals surface area (Å²) in [6, 6.07) is 12.7. The number of ether oxygens (including phenoxy) is 2. The highest BCUT2D eigenvalue weighted by Crippen LogP contribution is 2.49. The molecular formula is C41H54ClN5O4S. The molecule has 4 aliphatic rings. The van der Waals surface area contributed by atoms with Gasteiger partial charge in [0.15, 0.2) is 9.84 Å². The number of anilines is 4. The van der Waals surface area contributed by atoms with Gasteiger partial charge < -0.3 is 15.2 Å². The molecule has 9 nitrogen and oxygen atoms in total. The van der Waals surface area contributed by atoms with Gasteiger partial charge in [0.05, 0.1) is 33.8 Å². The van der Waals surface area contributed by atoms with Crippen molar-refractivity contribution in [2.24, 2.45) is 11.8 Å². The number of hydrogen-bond donors (Lipinski definition) is 1. The molecule has 280 valence electrons. The maximum Gasteiger partial charge on any atom is 0.236 e. The second-order valence-corrected chi connectivity index (χ2v) is 18.6. The Morgan fingerprint density at radius 2 is 1.67 bits per heavy atom. The standard InChI is InChI=1S/C41H54ClN5O4S/c1-25(2)51-38-23-32(30-21-35(28-10-8-11-28)46(31-16-18-50-19-17-31)36(22-30)29-12-9-13-29)27(5)20-37(38)47(41-44-24-33(42)40(43)45-41)34-14-6-7-15-39(34)52(48,49)26(3)4/h6-7,14-15,20-21,23-26,28-29,31,35-36H,8-13,16-19,22H2,1-5H3,(H2,43,44,45)/t35-,36-/m1/s1. The number of para-hydroxylation sites is 1. The van der Waals surface area contributed by atoms with Crippen LogP contribution in [0.1, 0.15) is 96.6 Å². The lowest BCUT2D eigenvalue weighted by Gasteiger charge is -2.54. The fourth-order valence-corrected chi connectivity index (χ4v) is 9.82. The van der Waals surface area contributed by atoms with Crippen LogP contribution in [0.3, 0.4) is 0 Å². The molecule has 52 heavy (non-hydrogen) atoms. The Bertz CT molecular complexity index is 1900. The van der Waals surface area contributed by atoms with Crippen molar-refractivity contribution < 1.29 is 17.9 Å². The van der Waals surface area contributed by atoms with E-state index < -0.39 is 15.1 Å². The van der Waals surface area contributed by atoms with Gasteiger partial charge >= 0.3 is 0 Å². The summed E-state index contributed by atoms with van der Waals surface area (Å²) in [6.45, 7) is 11.2. The minimum absolute atomic E-state index is 0.103. The molecule has 2 atom stereocenters. The number of aromatic nitrogens is 2. The van der Waals surface area contributed by atoms with Crippen LogP contribution in [0, 0.1) is 18.8 Å². The van der Waals surface area contributed by atoms with E-state index in [1.165, 1.54) is 55.9 Å². The third-order valence-corrected chi connectivity index (χ3v) is 14.2. The number of benzene rings is 2. The molecule has 0 bridgehead atoms. The van der Waals surface area contributed by atoms with E-state index in [4.69, 9.17) is 26.8 Å². The second kappa shape index (κ2) is 15.3. The fraction of sp³-hybridized carbons (Fsp3) is 0.561. The van der Waals surface area contributed by atoms with E-state index in [1.54, 1.807) is 36.9 Å². The van der Waals surface area contributed by atoms with E-state index >= 15 is 0 Å². The molecule has 1 aromatic heterocycles. The first kappa shape index (κ1) is 37.1. The van der Waals surface area contributed by atoms with Gasteiger partial charge in [-0.15, -0.1) is 0 Å². The van der Waals surface area contributed by atoms with Crippen LogP contribution in [-0.4, -0.2) is 66.0 Å². The van der Waals surface area contributed by atoms with Crippen LogP contribution < -0.4 is 15.4 Å². The Labute approximate surface area is 314 Å². The quantitative estimate of drug-likeness (QED) is 0.205. The van der Waals surface area contributed by atoms with Crippen molar-refractivity contribution in [1.29, 1.82) is 0 Å². The molecule has 3 fully saturated rings. The number of nitrogens with two attached hydrogens (primary N) is 1. The van der Waals surface area contributed by atoms with Crippen molar-refractivity contribution in [3.8, 4) is 5.75 Å².